The van der Waals surface area contributed by atoms with Crippen LogP contribution in [0.15, 0.2) is 30.3 Å². The minimum absolute atomic E-state index is 0.310. The topological polar surface area (TPSA) is 105 Å². The third kappa shape index (κ3) is 7.62. The smallest absolute Gasteiger partial charge is 0.404 e. The number of amides is 1. The molecule has 0 radical (unpaired) electrons. The van der Waals surface area contributed by atoms with Crippen molar-refractivity contribution >= 4 is 6.09 Å². The molecule has 4 N–H and O–H groups in total. The first kappa shape index (κ1) is 18.0. The highest BCUT2D eigenvalue weighted by molar-refractivity contribution is 5.65. The van der Waals surface area contributed by atoms with Gasteiger partial charge in [-0.05, 0) is 31.4 Å². The number of carboxylic acid groups (broad SMARTS) is 1. The van der Waals surface area contributed by atoms with Gasteiger partial charge in [0.2, 0.25) is 0 Å². The first-order chi connectivity index (χ1) is 10.6. The van der Waals surface area contributed by atoms with Gasteiger partial charge < -0.3 is 20.8 Å². The van der Waals surface area contributed by atoms with Crippen molar-refractivity contribution < 1.29 is 15.0 Å². The van der Waals surface area contributed by atoms with E-state index >= 15 is 0 Å². The molecule has 0 unspecified atom stereocenters. The average molecular weight is 305 g/mol. The number of aliphatic hydroxyl groups excluding tert-OH is 1. The fraction of sp³-hybridized carbons (Fsp3) is 0.500. The minimum Gasteiger partial charge on any atom is -0.465 e. The van der Waals surface area contributed by atoms with Crippen molar-refractivity contribution in [3.8, 4) is 6.07 Å². The van der Waals surface area contributed by atoms with Crippen LogP contribution in [0.25, 0.3) is 0 Å². The molecule has 1 amide bonds. The van der Waals surface area contributed by atoms with Crippen LogP contribution >= 0.6 is 0 Å². The van der Waals surface area contributed by atoms with Crippen LogP contribution in [0.3, 0.4) is 0 Å². The Morgan fingerprint density at radius 2 is 2.00 bits per heavy atom. The van der Waals surface area contributed by atoms with Gasteiger partial charge in [-0.25, -0.2) is 4.79 Å². The van der Waals surface area contributed by atoms with E-state index in [0.29, 0.717) is 25.9 Å². The molecule has 0 aliphatic rings. The molecule has 0 aromatic heterocycles. The lowest BCUT2D eigenvalue weighted by atomic mass is 10.0. The van der Waals surface area contributed by atoms with Gasteiger partial charge in [0.25, 0.3) is 0 Å². The normalized spacial score (nSPS) is 13.1. The van der Waals surface area contributed by atoms with Crippen LogP contribution in [0.4, 0.5) is 4.79 Å². The minimum atomic E-state index is -1.14. The largest absolute Gasteiger partial charge is 0.465 e. The standard InChI is InChI=1S/C16H23N3O3/c17-9-5-2-6-10-18-12-15(20)14(19-16(21)22)11-13-7-3-1-4-8-13/h1,3-4,7-8,14-15,18-20H,2,5-6,10-12H2,(H,21,22)/t14-,15+/m0/s1. The highest BCUT2D eigenvalue weighted by Crippen LogP contribution is 2.06. The average Bonchev–Trinajstić information content (AvgIpc) is 2.50. The molecular weight excluding hydrogens is 282 g/mol. The van der Waals surface area contributed by atoms with E-state index in [1.54, 1.807) is 0 Å². The SMILES string of the molecule is N#CCCCCNC[C@@H](O)[C@H](Cc1ccccc1)NC(=O)O. The molecule has 0 heterocycles. The summed E-state index contributed by atoms with van der Waals surface area (Å²) in [5, 5.41) is 33.0. The lowest BCUT2D eigenvalue weighted by molar-refractivity contribution is 0.118. The molecular formula is C16H23N3O3. The molecule has 120 valence electrons. The van der Waals surface area contributed by atoms with E-state index in [2.05, 4.69) is 16.7 Å². The summed E-state index contributed by atoms with van der Waals surface area (Å²) >= 11 is 0. The molecule has 22 heavy (non-hydrogen) atoms. The zero-order valence-electron chi connectivity index (χ0n) is 12.5. The number of aliphatic hydroxyl groups is 1. The number of benzene rings is 1. The highest BCUT2D eigenvalue weighted by atomic mass is 16.4. The number of rotatable bonds is 10. The molecule has 1 aromatic carbocycles. The number of nitriles is 1. The van der Waals surface area contributed by atoms with Gasteiger partial charge >= 0.3 is 6.09 Å². The molecule has 6 heteroatoms. The summed E-state index contributed by atoms with van der Waals surface area (Å²) < 4.78 is 0. The lowest BCUT2D eigenvalue weighted by Crippen LogP contribution is -2.48. The molecule has 2 atom stereocenters. The Balaban J connectivity index is 2.42. The van der Waals surface area contributed by atoms with Crippen LogP contribution in [-0.4, -0.2) is 41.5 Å². The molecule has 1 aromatic rings. The van der Waals surface area contributed by atoms with Gasteiger partial charge in [-0.2, -0.15) is 5.26 Å². The zero-order chi connectivity index (χ0) is 16.2. The van der Waals surface area contributed by atoms with E-state index < -0.39 is 18.2 Å². The van der Waals surface area contributed by atoms with Crippen molar-refractivity contribution in [2.75, 3.05) is 13.1 Å². The summed E-state index contributed by atoms with van der Waals surface area (Å²) in [4.78, 5) is 10.9. The number of nitrogens with one attached hydrogen (secondary N) is 2. The number of hydrogen-bond donors (Lipinski definition) is 4. The maximum absolute atomic E-state index is 10.9. The molecule has 0 fully saturated rings. The molecule has 0 aliphatic heterocycles. The Hall–Kier alpha value is -2.10. The molecule has 6 nitrogen and oxygen atoms in total. The number of nitrogens with zero attached hydrogens (tertiary/aromatic N) is 1. The van der Waals surface area contributed by atoms with Crippen molar-refractivity contribution in [3.05, 3.63) is 35.9 Å². The summed E-state index contributed by atoms with van der Waals surface area (Å²) in [6.45, 7) is 1.01. The zero-order valence-corrected chi connectivity index (χ0v) is 12.5. The van der Waals surface area contributed by atoms with Gasteiger partial charge in [0.15, 0.2) is 0 Å². The van der Waals surface area contributed by atoms with Crippen molar-refractivity contribution in [2.24, 2.45) is 0 Å². The van der Waals surface area contributed by atoms with E-state index in [0.717, 1.165) is 18.4 Å². The number of hydrogen-bond acceptors (Lipinski definition) is 4. The summed E-state index contributed by atoms with van der Waals surface area (Å²) in [6, 6.07) is 11.0. The van der Waals surface area contributed by atoms with Crippen LogP contribution in [-0.2, 0) is 6.42 Å². The first-order valence-electron chi connectivity index (χ1n) is 7.42. The molecule has 1 rings (SSSR count). The molecule has 0 spiro atoms. The predicted octanol–water partition coefficient (Wildman–Crippen LogP) is 1.51. The number of unbranched alkanes of at least 4 members (excludes halogenated alkanes) is 2. The van der Waals surface area contributed by atoms with Crippen LogP contribution in [0.1, 0.15) is 24.8 Å². The molecule has 0 saturated heterocycles. The van der Waals surface area contributed by atoms with Crippen LogP contribution in [0.5, 0.6) is 0 Å². The summed E-state index contributed by atoms with van der Waals surface area (Å²) in [7, 11) is 0. The Kier molecular flexibility index (Phi) is 8.65. The maximum atomic E-state index is 10.9. The maximum Gasteiger partial charge on any atom is 0.404 e. The third-order valence-corrected chi connectivity index (χ3v) is 3.32. The highest BCUT2D eigenvalue weighted by Gasteiger charge is 2.21. The number of carbonyl (C=O) groups is 1. The van der Waals surface area contributed by atoms with Crippen LogP contribution in [0, 0.1) is 11.3 Å². The van der Waals surface area contributed by atoms with Gasteiger partial charge in [-0.3, -0.25) is 0 Å². The van der Waals surface area contributed by atoms with Gasteiger partial charge in [0.05, 0.1) is 18.2 Å². The van der Waals surface area contributed by atoms with E-state index in [1.165, 1.54) is 0 Å². The Morgan fingerprint density at radius 1 is 1.27 bits per heavy atom. The second kappa shape index (κ2) is 10.6. The van der Waals surface area contributed by atoms with Crippen molar-refractivity contribution in [1.82, 2.24) is 10.6 Å². The fourth-order valence-electron chi connectivity index (χ4n) is 2.16. The van der Waals surface area contributed by atoms with Crippen LogP contribution < -0.4 is 10.6 Å². The Labute approximate surface area is 130 Å². The summed E-state index contributed by atoms with van der Waals surface area (Å²) in [5.41, 5.74) is 0.967. The van der Waals surface area contributed by atoms with Gasteiger partial charge in [0.1, 0.15) is 0 Å². The van der Waals surface area contributed by atoms with Crippen molar-refractivity contribution in [3.63, 3.8) is 0 Å². The first-order valence-corrected chi connectivity index (χ1v) is 7.42. The van der Waals surface area contributed by atoms with Crippen molar-refractivity contribution in [2.45, 2.75) is 37.8 Å². The lowest BCUT2D eigenvalue weighted by Gasteiger charge is -2.23. The van der Waals surface area contributed by atoms with Crippen molar-refractivity contribution in [1.29, 1.82) is 5.26 Å². The van der Waals surface area contributed by atoms with E-state index in [-0.39, 0.29) is 0 Å². The third-order valence-electron chi connectivity index (χ3n) is 3.32. The second-order valence-electron chi connectivity index (χ2n) is 5.13. The fourth-order valence-corrected chi connectivity index (χ4v) is 2.16. The van der Waals surface area contributed by atoms with Gasteiger partial charge in [-0.1, -0.05) is 30.3 Å². The monoisotopic (exact) mass is 305 g/mol. The Morgan fingerprint density at radius 3 is 2.64 bits per heavy atom. The van der Waals surface area contributed by atoms with Gasteiger partial charge in [-0.15, -0.1) is 0 Å². The quantitative estimate of drug-likeness (QED) is 0.490. The van der Waals surface area contributed by atoms with E-state index in [4.69, 9.17) is 10.4 Å². The van der Waals surface area contributed by atoms with Gasteiger partial charge in [0, 0.05) is 13.0 Å². The van der Waals surface area contributed by atoms with E-state index in [1.807, 2.05) is 30.3 Å². The summed E-state index contributed by atoms with van der Waals surface area (Å²) in [5.74, 6) is 0. The molecule has 0 bridgehead atoms. The molecule has 0 aliphatic carbocycles. The molecule has 0 saturated carbocycles. The summed E-state index contributed by atoms with van der Waals surface area (Å²) in [6.07, 6.45) is 0.684. The second-order valence-corrected chi connectivity index (χ2v) is 5.13. The Bertz CT molecular complexity index is 473. The predicted molar refractivity (Wildman–Crippen MR) is 83.4 cm³/mol. The van der Waals surface area contributed by atoms with E-state index in [9.17, 15) is 9.90 Å². The van der Waals surface area contributed by atoms with Crippen LogP contribution in [0.2, 0.25) is 0 Å².